The molecule has 0 radical (unpaired) electrons. The van der Waals surface area contributed by atoms with Crippen LogP contribution in [0.25, 0.3) is 0 Å². The summed E-state index contributed by atoms with van der Waals surface area (Å²) in [5, 5.41) is 0. The number of hydrogen-bond acceptors (Lipinski definition) is 2. The summed E-state index contributed by atoms with van der Waals surface area (Å²) in [5.74, 6) is 2.04. The van der Waals surface area contributed by atoms with E-state index in [0.29, 0.717) is 0 Å². The molecule has 15 heavy (non-hydrogen) atoms. The van der Waals surface area contributed by atoms with Crippen LogP contribution in [0.1, 0.15) is 37.8 Å². The van der Waals surface area contributed by atoms with Crippen LogP contribution in [0.3, 0.4) is 0 Å². The summed E-state index contributed by atoms with van der Waals surface area (Å²) in [4.78, 5) is 1.35. The van der Waals surface area contributed by atoms with E-state index >= 15 is 0 Å². The Morgan fingerprint density at radius 2 is 2.00 bits per heavy atom. The van der Waals surface area contributed by atoms with Crippen LogP contribution in [0, 0.1) is 5.92 Å². The number of nitrogens with two attached hydrogens (primary N) is 1. The Bertz CT molecular complexity index is 303. The van der Waals surface area contributed by atoms with Crippen molar-refractivity contribution in [2.24, 2.45) is 11.7 Å². The van der Waals surface area contributed by atoms with Gasteiger partial charge >= 0.3 is 0 Å². The van der Waals surface area contributed by atoms with Crippen LogP contribution >= 0.6 is 11.8 Å². The standard InChI is InChI=1S/C13H19NS/c1-2-15-12-7-5-11(6-8-12)13(14)9-10-3-4-10/h5-8,10,13H,2-4,9,14H2,1H3. The zero-order valence-corrected chi connectivity index (χ0v) is 10.1. The fourth-order valence-corrected chi connectivity index (χ4v) is 2.49. The molecule has 82 valence electrons. The zero-order chi connectivity index (χ0) is 10.7. The second-order valence-corrected chi connectivity index (χ2v) is 5.63. The summed E-state index contributed by atoms with van der Waals surface area (Å²) >= 11 is 1.88. The molecule has 1 fully saturated rings. The Balaban J connectivity index is 1.95. The Hall–Kier alpha value is -0.470. The summed E-state index contributed by atoms with van der Waals surface area (Å²) in [6.45, 7) is 2.18. The molecule has 2 rings (SSSR count). The van der Waals surface area contributed by atoms with Gasteiger partial charge in [-0.3, -0.25) is 0 Å². The average molecular weight is 221 g/mol. The fourth-order valence-electron chi connectivity index (χ4n) is 1.83. The number of rotatable bonds is 5. The smallest absolute Gasteiger partial charge is 0.0297 e. The van der Waals surface area contributed by atoms with E-state index in [-0.39, 0.29) is 6.04 Å². The van der Waals surface area contributed by atoms with Crippen molar-refractivity contribution in [3.8, 4) is 0 Å². The van der Waals surface area contributed by atoms with E-state index in [2.05, 4.69) is 31.2 Å². The molecule has 0 heterocycles. The lowest BCUT2D eigenvalue weighted by Gasteiger charge is -2.11. The third-order valence-electron chi connectivity index (χ3n) is 2.90. The van der Waals surface area contributed by atoms with Gasteiger partial charge in [0.25, 0.3) is 0 Å². The Morgan fingerprint density at radius 1 is 1.33 bits per heavy atom. The summed E-state index contributed by atoms with van der Waals surface area (Å²) in [5.41, 5.74) is 7.45. The van der Waals surface area contributed by atoms with Gasteiger partial charge in [-0.25, -0.2) is 0 Å². The van der Waals surface area contributed by atoms with Crippen molar-refractivity contribution in [3.63, 3.8) is 0 Å². The molecule has 0 aromatic heterocycles. The minimum absolute atomic E-state index is 0.248. The fraction of sp³-hybridized carbons (Fsp3) is 0.538. The van der Waals surface area contributed by atoms with Crippen molar-refractivity contribution in [1.82, 2.24) is 0 Å². The van der Waals surface area contributed by atoms with Gasteiger partial charge in [0.15, 0.2) is 0 Å². The predicted molar refractivity (Wildman–Crippen MR) is 67.1 cm³/mol. The molecule has 0 saturated heterocycles. The van der Waals surface area contributed by atoms with E-state index in [1.165, 1.54) is 29.7 Å². The van der Waals surface area contributed by atoms with Crippen molar-refractivity contribution >= 4 is 11.8 Å². The third kappa shape index (κ3) is 3.25. The van der Waals surface area contributed by atoms with E-state index in [1.54, 1.807) is 0 Å². The van der Waals surface area contributed by atoms with E-state index in [9.17, 15) is 0 Å². The zero-order valence-electron chi connectivity index (χ0n) is 9.28. The number of benzene rings is 1. The molecule has 1 atom stereocenters. The first-order valence-corrected chi connectivity index (χ1v) is 6.76. The molecular formula is C13H19NS. The molecule has 0 spiro atoms. The summed E-state index contributed by atoms with van der Waals surface area (Å²) in [6, 6.07) is 9.00. The second-order valence-electron chi connectivity index (χ2n) is 4.29. The van der Waals surface area contributed by atoms with Gasteiger partial charge in [-0.15, -0.1) is 11.8 Å². The van der Waals surface area contributed by atoms with E-state index < -0.39 is 0 Å². The first kappa shape index (κ1) is 11.0. The number of hydrogen-bond donors (Lipinski definition) is 1. The maximum absolute atomic E-state index is 6.15. The summed E-state index contributed by atoms with van der Waals surface area (Å²) in [7, 11) is 0. The van der Waals surface area contributed by atoms with Gasteiger partial charge in [0, 0.05) is 10.9 Å². The van der Waals surface area contributed by atoms with E-state index in [4.69, 9.17) is 5.73 Å². The molecular weight excluding hydrogens is 202 g/mol. The van der Waals surface area contributed by atoms with Crippen molar-refractivity contribution in [2.75, 3.05) is 5.75 Å². The van der Waals surface area contributed by atoms with Crippen LogP contribution in [-0.4, -0.2) is 5.75 Å². The first-order chi connectivity index (χ1) is 7.29. The predicted octanol–water partition coefficient (Wildman–Crippen LogP) is 3.60. The normalized spacial score (nSPS) is 17.7. The van der Waals surface area contributed by atoms with Crippen LogP contribution in [0.4, 0.5) is 0 Å². The Labute approximate surface area is 96.4 Å². The molecule has 0 bridgehead atoms. The van der Waals surface area contributed by atoms with Gasteiger partial charge in [0.05, 0.1) is 0 Å². The van der Waals surface area contributed by atoms with Crippen LogP contribution in [0.15, 0.2) is 29.2 Å². The van der Waals surface area contributed by atoms with Gasteiger partial charge in [-0.05, 0) is 35.8 Å². The highest BCUT2D eigenvalue weighted by atomic mass is 32.2. The van der Waals surface area contributed by atoms with Gasteiger partial charge in [0.1, 0.15) is 0 Å². The van der Waals surface area contributed by atoms with Crippen LogP contribution in [0.5, 0.6) is 0 Å². The second kappa shape index (κ2) is 5.04. The van der Waals surface area contributed by atoms with Gasteiger partial charge < -0.3 is 5.73 Å². The molecule has 2 N–H and O–H groups in total. The molecule has 1 aliphatic rings. The highest BCUT2D eigenvalue weighted by Gasteiger charge is 2.24. The SMILES string of the molecule is CCSc1ccc(C(N)CC2CC2)cc1. The summed E-state index contributed by atoms with van der Waals surface area (Å²) in [6.07, 6.45) is 3.94. The number of thioether (sulfide) groups is 1. The maximum Gasteiger partial charge on any atom is 0.0297 e. The highest BCUT2D eigenvalue weighted by Crippen LogP contribution is 2.36. The minimum Gasteiger partial charge on any atom is -0.324 e. The minimum atomic E-state index is 0.248. The highest BCUT2D eigenvalue weighted by molar-refractivity contribution is 7.99. The quantitative estimate of drug-likeness (QED) is 0.769. The lowest BCUT2D eigenvalue weighted by molar-refractivity contribution is 0.597. The monoisotopic (exact) mass is 221 g/mol. The largest absolute Gasteiger partial charge is 0.324 e. The van der Waals surface area contributed by atoms with Gasteiger partial charge in [0.2, 0.25) is 0 Å². The molecule has 1 aromatic carbocycles. The molecule has 0 amide bonds. The lowest BCUT2D eigenvalue weighted by Crippen LogP contribution is -2.10. The van der Waals surface area contributed by atoms with Crippen LogP contribution < -0.4 is 5.73 Å². The molecule has 2 heteroatoms. The van der Waals surface area contributed by atoms with Crippen LogP contribution in [0.2, 0.25) is 0 Å². The summed E-state index contributed by atoms with van der Waals surface area (Å²) < 4.78 is 0. The first-order valence-electron chi connectivity index (χ1n) is 5.78. The topological polar surface area (TPSA) is 26.0 Å². The lowest BCUT2D eigenvalue weighted by atomic mass is 10.0. The van der Waals surface area contributed by atoms with Crippen molar-refractivity contribution < 1.29 is 0 Å². The molecule has 1 aromatic rings. The van der Waals surface area contributed by atoms with Crippen molar-refractivity contribution in [1.29, 1.82) is 0 Å². The van der Waals surface area contributed by atoms with Gasteiger partial charge in [-0.2, -0.15) is 0 Å². The maximum atomic E-state index is 6.15. The molecule has 1 unspecified atom stereocenters. The van der Waals surface area contributed by atoms with Crippen LogP contribution in [-0.2, 0) is 0 Å². The average Bonchev–Trinajstić information content (AvgIpc) is 3.03. The van der Waals surface area contributed by atoms with E-state index in [1.807, 2.05) is 11.8 Å². The molecule has 1 nitrogen and oxygen atoms in total. The molecule has 1 saturated carbocycles. The van der Waals surface area contributed by atoms with Crippen molar-refractivity contribution in [2.45, 2.75) is 37.1 Å². The molecule has 0 aliphatic heterocycles. The Morgan fingerprint density at radius 3 is 2.53 bits per heavy atom. The Kier molecular flexibility index (Phi) is 3.71. The molecule has 1 aliphatic carbocycles. The van der Waals surface area contributed by atoms with Gasteiger partial charge in [-0.1, -0.05) is 31.9 Å². The van der Waals surface area contributed by atoms with Crippen molar-refractivity contribution in [3.05, 3.63) is 29.8 Å². The third-order valence-corrected chi connectivity index (χ3v) is 3.80. The van der Waals surface area contributed by atoms with E-state index in [0.717, 1.165) is 11.7 Å².